The first-order valence-corrected chi connectivity index (χ1v) is 5.88. The molecule has 0 amide bonds. The summed E-state index contributed by atoms with van der Waals surface area (Å²) in [5.41, 5.74) is 0. The Hall–Kier alpha value is -1.41. The van der Waals surface area contributed by atoms with Gasteiger partial charge in [-0.1, -0.05) is 10.6 Å². The van der Waals surface area contributed by atoms with Crippen molar-refractivity contribution in [3.63, 3.8) is 0 Å². The summed E-state index contributed by atoms with van der Waals surface area (Å²) in [6.07, 6.45) is 0.368. The minimum Gasteiger partial charge on any atom is -0.508 e. The number of methoxy groups -OCH3 is 1. The van der Waals surface area contributed by atoms with Crippen LogP contribution in [0.2, 0.25) is 0 Å². The molecule has 0 aromatic heterocycles. The monoisotopic (exact) mass is 227 g/mol. The van der Waals surface area contributed by atoms with Crippen LogP contribution in [0, 0.1) is 0 Å². The lowest BCUT2D eigenvalue weighted by Gasteiger charge is -1.93. The molecule has 1 N–H and O–H groups in total. The maximum Gasteiger partial charge on any atom is 0.377 e. The number of phenolic OH excluding ortho intramolecular Hbond substituents is 1. The third-order valence-corrected chi connectivity index (χ3v) is 3.35. The van der Waals surface area contributed by atoms with Crippen molar-refractivity contribution >= 4 is 19.1 Å². The molecular weight excluding hydrogens is 215 g/mol. The van der Waals surface area contributed by atoms with Crippen LogP contribution in [0.3, 0.4) is 0 Å². The maximum absolute atomic E-state index is 11.6. The lowest BCUT2D eigenvalue weighted by Crippen LogP contribution is -2.04. The quantitative estimate of drug-likeness (QED) is 0.624. The molecule has 0 aliphatic heterocycles. The predicted octanol–water partition coefficient (Wildman–Crippen LogP) is 1.41. The number of carbonyl (C=O) groups excluding carboxylic acids is 1. The predicted molar refractivity (Wildman–Crippen MR) is 56.8 cm³/mol. The summed E-state index contributed by atoms with van der Waals surface area (Å²) in [6, 6.07) is 6.23. The van der Waals surface area contributed by atoms with Crippen molar-refractivity contribution in [2.75, 3.05) is 13.3 Å². The maximum atomic E-state index is 11.6. The molecule has 0 spiro atoms. The number of benzene rings is 1. The third-order valence-electron chi connectivity index (χ3n) is 1.86. The average Bonchev–Trinajstić information content (AvgIpc) is 2.25. The summed E-state index contributed by atoms with van der Waals surface area (Å²) in [6.45, 7) is 0. The Morgan fingerprint density at radius 1 is 1.53 bits per heavy atom. The molecule has 5 heteroatoms. The molecule has 0 fully saturated rings. The number of esters is 1. The molecule has 1 rings (SSSR count). The van der Waals surface area contributed by atoms with E-state index in [0.29, 0.717) is 5.30 Å². The van der Waals surface area contributed by atoms with Crippen LogP contribution in [0.5, 0.6) is 5.75 Å². The van der Waals surface area contributed by atoms with Gasteiger partial charge >= 0.3 is 13.8 Å². The largest absolute Gasteiger partial charge is 0.508 e. The first-order valence-electron chi connectivity index (χ1n) is 4.44. The zero-order valence-corrected chi connectivity index (χ0v) is 9.24. The average molecular weight is 227 g/mol. The summed E-state index contributed by atoms with van der Waals surface area (Å²) in [5.74, 6) is -0.299. The molecular formula is C10H12O4P+. The smallest absolute Gasteiger partial charge is 0.377 e. The third kappa shape index (κ3) is 3.68. The minimum atomic E-state index is -1.64. The zero-order valence-electron chi connectivity index (χ0n) is 8.34. The van der Waals surface area contributed by atoms with E-state index in [2.05, 4.69) is 4.74 Å². The van der Waals surface area contributed by atoms with E-state index in [4.69, 9.17) is 5.11 Å². The van der Waals surface area contributed by atoms with Gasteiger partial charge in [0.15, 0.2) is 11.5 Å². The van der Waals surface area contributed by atoms with Gasteiger partial charge in [-0.3, -0.25) is 4.79 Å². The summed E-state index contributed by atoms with van der Waals surface area (Å²) in [5, 5.41) is 9.72. The number of hydrogen-bond acceptors (Lipinski definition) is 4. The fraction of sp³-hybridized carbons (Fsp3) is 0.300. The number of carbonyl (C=O) groups is 1. The van der Waals surface area contributed by atoms with E-state index in [1.54, 1.807) is 12.1 Å². The second-order valence-electron chi connectivity index (χ2n) is 2.95. The van der Waals surface area contributed by atoms with Crippen molar-refractivity contribution in [2.24, 2.45) is 0 Å². The van der Waals surface area contributed by atoms with Gasteiger partial charge in [-0.2, -0.15) is 0 Å². The Bertz CT molecular complexity index is 375. The van der Waals surface area contributed by atoms with E-state index in [0.717, 1.165) is 0 Å². The van der Waals surface area contributed by atoms with Crippen molar-refractivity contribution in [2.45, 2.75) is 6.42 Å². The molecule has 0 bridgehead atoms. The van der Waals surface area contributed by atoms with Crippen molar-refractivity contribution < 1.29 is 19.2 Å². The van der Waals surface area contributed by atoms with E-state index < -0.39 is 7.80 Å². The van der Waals surface area contributed by atoms with E-state index >= 15 is 0 Å². The lowest BCUT2D eigenvalue weighted by molar-refractivity contribution is -0.140. The topological polar surface area (TPSA) is 63.6 Å². The summed E-state index contributed by atoms with van der Waals surface area (Å²) in [7, 11) is -0.346. The molecule has 1 unspecified atom stereocenters. The number of rotatable bonds is 4. The van der Waals surface area contributed by atoms with Crippen LogP contribution >= 0.6 is 7.80 Å². The summed E-state index contributed by atoms with van der Waals surface area (Å²) in [4.78, 5) is 10.8. The second kappa shape index (κ2) is 5.47. The molecule has 1 aromatic rings. The van der Waals surface area contributed by atoms with Gasteiger partial charge in [0.1, 0.15) is 5.75 Å². The van der Waals surface area contributed by atoms with Crippen LogP contribution in [-0.4, -0.2) is 24.3 Å². The highest BCUT2D eigenvalue weighted by molar-refractivity contribution is 7.53. The molecule has 0 aliphatic carbocycles. The molecule has 1 atom stereocenters. The Balaban J connectivity index is 2.58. The van der Waals surface area contributed by atoms with E-state index in [1.807, 2.05) is 0 Å². The van der Waals surface area contributed by atoms with Crippen LogP contribution in [-0.2, 0) is 14.1 Å². The van der Waals surface area contributed by atoms with E-state index in [1.165, 1.54) is 19.2 Å². The van der Waals surface area contributed by atoms with Gasteiger partial charge in [0, 0.05) is 6.07 Å². The van der Waals surface area contributed by atoms with Crippen molar-refractivity contribution in [1.82, 2.24) is 0 Å². The molecule has 0 heterocycles. The second-order valence-corrected chi connectivity index (χ2v) is 4.67. The Morgan fingerprint density at radius 3 is 2.87 bits per heavy atom. The van der Waals surface area contributed by atoms with E-state index in [-0.39, 0.29) is 24.3 Å². The summed E-state index contributed by atoms with van der Waals surface area (Å²) < 4.78 is 16.1. The van der Waals surface area contributed by atoms with Gasteiger partial charge in [-0.15, -0.1) is 0 Å². The number of aromatic hydroxyl groups is 1. The zero-order chi connectivity index (χ0) is 11.3. The number of hydrogen-bond donors (Lipinski definition) is 1. The van der Waals surface area contributed by atoms with Crippen LogP contribution in [0.15, 0.2) is 24.3 Å². The van der Waals surface area contributed by atoms with Crippen molar-refractivity contribution in [1.29, 1.82) is 0 Å². The standard InChI is InChI=1S/C10H11O4P/c1-14-10(12)5-6-15(13)9-4-2-3-8(11)7-9/h2-4,7H,5-6H2,1H3/p+1. The molecule has 1 aromatic carbocycles. The van der Waals surface area contributed by atoms with Gasteiger partial charge < -0.3 is 9.84 Å². The molecule has 0 saturated heterocycles. The van der Waals surface area contributed by atoms with Crippen molar-refractivity contribution in [3.8, 4) is 5.75 Å². The molecule has 80 valence electrons. The van der Waals surface area contributed by atoms with Gasteiger partial charge in [0.25, 0.3) is 0 Å². The normalized spacial score (nSPS) is 10.9. The van der Waals surface area contributed by atoms with Gasteiger partial charge in [0.05, 0.1) is 13.5 Å². The van der Waals surface area contributed by atoms with Gasteiger partial charge in [0.2, 0.25) is 0 Å². The van der Waals surface area contributed by atoms with E-state index in [9.17, 15) is 9.36 Å². The number of ether oxygens (including phenoxy) is 1. The highest BCUT2D eigenvalue weighted by Crippen LogP contribution is 2.22. The van der Waals surface area contributed by atoms with Crippen LogP contribution < -0.4 is 5.30 Å². The number of phenols is 1. The van der Waals surface area contributed by atoms with Gasteiger partial charge in [-0.25, -0.2) is 0 Å². The van der Waals surface area contributed by atoms with Crippen LogP contribution in [0.1, 0.15) is 6.42 Å². The molecule has 0 aliphatic rings. The Kier molecular flexibility index (Phi) is 4.25. The first-order chi connectivity index (χ1) is 7.13. The molecule has 0 saturated carbocycles. The highest BCUT2D eigenvalue weighted by Gasteiger charge is 2.21. The highest BCUT2D eigenvalue weighted by atomic mass is 31.1. The SMILES string of the molecule is COC(=O)CC[P+](=O)c1cccc(O)c1. The Morgan fingerprint density at radius 2 is 2.27 bits per heavy atom. The first kappa shape index (κ1) is 11.7. The molecule has 15 heavy (non-hydrogen) atoms. The Labute approximate surface area is 88.7 Å². The lowest BCUT2D eigenvalue weighted by atomic mass is 10.3. The molecule has 4 nitrogen and oxygen atoms in total. The minimum absolute atomic E-state index is 0.0777. The summed E-state index contributed by atoms with van der Waals surface area (Å²) >= 11 is 0. The van der Waals surface area contributed by atoms with Crippen LogP contribution in [0.25, 0.3) is 0 Å². The van der Waals surface area contributed by atoms with Crippen molar-refractivity contribution in [3.05, 3.63) is 24.3 Å². The molecule has 0 radical (unpaired) electrons. The fourth-order valence-corrected chi connectivity index (χ4v) is 2.24. The van der Waals surface area contributed by atoms with Gasteiger partial charge in [-0.05, 0) is 12.1 Å². The fourth-order valence-electron chi connectivity index (χ4n) is 1.07. The van der Waals surface area contributed by atoms with Crippen LogP contribution in [0.4, 0.5) is 0 Å².